The molecule has 130 valence electrons. The van der Waals surface area contributed by atoms with Crippen molar-refractivity contribution in [1.29, 1.82) is 0 Å². The molecule has 0 amide bonds. The number of allylic oxidation sites excluding steroid dienone is 1. The molecule has 2 heterocycles. The van der Waals surface area contributed by atoms with E-state index >= 15 is 0 Å². The summed E-state index contributed by atoms with van der Waals surface area (Å²) in [7, 11) is 1.94. The SMILES string of the molecule is CC(OC(=O)c1ccn[nH]1)C(=O)C=C1N(C)c2ccccc2C1(C)C. The fraction of sp³-hybridized carbons (Fsp3) is 0.316. The highest BCUT2D eigenvalue weighted by molar-refractivity contribution is 5.98. The van der Waals surface area contributed by atoms with Gasteiger partial charge in [-0.25, -0.2) is 4.79 Å². The molecule has 0 bridgehead atoms. The van der Waals surface area contributed by atoms with Gasteiger partial charge in [-0.15, -0.1) is 0 Å². The first-order chi connectivity index (χ1) is 11.8. The Balaban J connectivity index is 1.80. The summed E-state index contributed by atoms with van der Waals surface area (Å²) in [5.41, 5.74) is 3.04. The maximum atomic E-state index is 12.6. The maximum absolute atomic E-state index is 12.6. The number of nitrogens with one attached hydrogen (secondary N) is 1. The molecule has 0 saturated carbocycles. The zero-order valence-electron chi connectivity index (χ0n) is 14.7. The van der Waals surface area contributed by atoms with Crippen LogP contribution < -0.4 is 4.90 Å². The molecule has 1 aliphatic rings. The van der Waals surface area contributed by atoms with E-state index < -0.39 is 12.1 Å². The predicted octanol–water partition coefficient (Wildman–Crippen LogP) is 2.84. The third-order valence-electron chi connectivity index (χ3n) is 4.62. The highest BCUT2D eigenvalue weighted by Gasteiger charge is 2.39. The molecule has 25 heavy (non-hydrogen) atoms. The first-order valence-corrected chi connectivity index (χ1v) is 8.12. The van der Waals surface area contributed by atoms with Gasteiger partial charge < -0.3 is 9.64 Å². The number of rotatable bonds is 4. The van der Waals surface area contributed by atoms with Gasteiger partial charge in [-0.2, -0.15) is 5.10 Å². The number of aromatic amines is 1. The van der Waals surface area contributed by atoms with Crippen LogP contribution in [0.1, 0.15) is 36.8 Å². The topological polar surface area (TPSA) is 75.3 Å². The molecular formula is C19H21N3O3. The summed E-state index contributed by atoms with van der Waals surface area (Å²) in [6.45, 7) is 5.73. The molecule has 0 aliphatic carbocycles. The monoisotopic (exact) mass is 339 g/mol. The lowest BCUT2D eigenvalue weighted by Crippen LogP contribution is -2.28. The van der Waals surface area contributed by atoms with Crippen molar-refractivity contribution < 1.29 is 14.3 Å². The van der Waals surface area contributed by atoms with Crippen molar-refractivity contribution >= 4 is 17.4 Å². The van der Waals surface area contributed by atoms with E-state index in [-0.39, 0.29) is 16.9 Å². The number of carbonyl (C=O) groups is 2. The number of ketones is 1. The van der Waals surface area contributed by atoms with E-state index in [1.807, 2.05) is 30.1 Å². The lowest BCUT2D eigenvalue weighted by Gasteiger charge is -2.24. The molecule has 6 nitrogen and oxygen atoms in total. The molecule has 0 saturated heterocycles. The van der Waals surface area contributed by atoms with Crippen molar-refractivity contribution in [3.05, 3.63) is 59.6 Å². The van der Waals surface area contributed by atoms with E-state index in [1.165, 1.54) is 17.8 Å². The van der Waals surface area contributed by atoms with E-state index in [2.05, 4.69) is 30.1 Å². The Kier molecular flexibility index (Phi) is 4.20. The number of ether oxygens (including phenoxy) is 1. The minimum Gasteiger partial charge on any atom is -0.450 e. The van der Waals surface area contributed by atoms with Crippen LogP contribution >= 0.6 is 0 Å². The van der Waals surface area contributed by atoms with Crippen LogP contribution in [0.2, 0.25) is 0 Å². The molecule has 1 atom stereocenters. The number of benzene rings is 1. The van der Waals surface area contributed by atoms with Crippen LogP contribution in [0.25, 0.3) is 0 Å². The molecule has 1 aromatic heterocycles. The summed E-state index contributed by atoms with van der Waals surface area (Å²) in [5.74, 6) is -0.852. The van der Waals surface area contributed by atoms with Crippen molar-refractivity contribution in [2.75, 3.05) is 11.9 Å². The highest BCUT2D eigenvalue weighted by atomic mass is 16.5. The first-order valence-electron chi connectivity index (χ1n) is 8.12. The van der Waals surface area contributed by atoms with Crippen LogP contribution in [0.15, 0.2) is 48.3 Å². The third-order valence-corrected chi connectivity index (χ3v) is 4.62. The van der Waals surface area contributed by atoms with Crippen LogP contribution in [0.3, 0.4) is 0 Å². The number of nitrogens with zero attached hydrogens (tertiary/aromatic N) is 2. The third kappa shape index (κ3) is 2.95. The first kappa shape index (κ1) is 17.0. The Morgan fingerprint density at radius 3 is 2.64 bits per heavy atom. The molecule has 1 N–H and O–H groups in total. The summed E-state index contributed by atoms with van der Waals surface area (Å²) < 4.78 is 5.22. The number of carbonyl (C=O) groups excluding carboxylic acids is 2. The molecule has 0 fully saturated rings. The van der Waals surface area contributed by atoms with Crippen LogP contribution in [0, 0.1) is 0 Å². The number of hydrogen-bond acceptors (Lipinski definition) is 5. The number of H-pyrrole nitrogens is 1. The van der Waals surface area contributed by atoms with E-state index in [0.717, 1.165) is 11.4 Å². The Morgan fingerprint density at radius 2 is 2.00 bits per heavy atom. The summed E-state index contributed by atoms with van der Waals surface area (Å²) in [4.78, 5) is 26.5. The smallest absolute Gasteiger partial charge is 0.357 e. The molecule has 2 aromatic rings. The minimum atomic E-state index is -0.879. The normalized spacial score (nSPS) is 18.1. The summed E-state index contributed by atoms with van der Waals surface area (Å²) in [6, 6.07) is 9.57. The number of aromatic nitrogens is 2. The van der Waals surface area contributed by atoms with E-state index in [9.17, 15) is 9.59 Å². The van der Waals surface area contributed by atoms with Gasteiger partial charge in [-0.1, -0.05) is 32.0 Å². The molecule has 0 radical (unpaired) electrons. The van der Waals surface area contributed by atoms with Gasteiger partial charge in [0.1, 0.15) is 5.69 Å². The fourth-order valence-electron chi connectivity index (χ4n) is 3.16. The Morgan fingerprint density at radius 1 is 1.28 bits per heavy atom. The zero-order valence-corrected chi connectivity index (χ0v) is 14.7. The summed E-state index contributed by atoms with van der Waals surface area (Å²) >= 11 is 0. The lowest BCUT2D eigenvalue weighted by atomic mass is 9.83. The van der Waals surface area contributed by atoms with Crippen molar-refractivity contribution in [1.82, 2.24) is 10.2 Å². The lowest BCUT2D eigenvalue weighted by molar-refractivity contribution is -0.122. The molecule has 1 unspecified atom stereocenters. The van der Waals surface area contributed by atoms with Crippen LogP contribution in [-0.2, 0) is 14.9 Å². The minimum absolute atomic E-state index is 0.220. The van der Waals surface area contributed by atoms with E-state index in [1.54, 1.807) is 13.0 Å². The van der Waals surface area contributed by atoms with E-state index in [0.29, 0.717) is 0 Å². The van der Waals surface area contributed by atoms with Crippen molar-refractivity contribution in [2.45, 2.75) is 32.3 Å². The van der Waals surface area contributed by atoms with Crippen molar-refractivity contribution in [3.63, 3.8) is 0 Å². The van der Waals surface area contributed by atoms with Crippen LogP contribution in [0.4, 0.5) is 5.69 Å². The van der Waals surface area contributed by atoms with Gasteiger partial charge in [-0.3, -0.25) is 9.89 Å². The average Bonchev–Trinajstić information content (AvgIpc) is 3.18. The second-order valence-corrected chi connectivity index (χ2v) is 6.65. The summed E-state index contributed by atoms with van der Waals surface area (Å²) in [5, 5.41) is 6.23. The quantitative estimate of drug-likeness (QED) is 0.685. The number of hydrogen-bond donors (Lipinski definition) is 1. The average molecular weight is 339 g/mol. The molecule has 3 rings (SSSR count). The molecular weight excluding hydrogens is 318 g/mol. The number of esters is 1. The molecule has 6 heteroatoms. The predicted molar refractivity (Wildman–Crippen MR) is 94.4 cm³/mol. The summed E-state index contributed by atoms with van der Waals surface area (Å²) in [6.07, 6.45) is 2.15. The van der Waals surface area contributed by atoms with Crippen LogP contribution in [-0.4, -0.2) is 35.1 Å². The van der Waals surface area contributed by atoms with Gasteiger partial charge in [0.15, 0.2) is 11.9 Å². The van der Waals surface area contributed by atoms with Gasteiger partial charge >= 0.3 is 5.97 Å². The van der Waals surface area contributed by atoms with E-state index in [4.69, 9.17) is 4.74 Å². The van der Waals surface area contributed by atoms with Crippen molar-refractivity contribution in [2.24, 2.45) is 0 Å². The number of likely N-dealkylation sites (N-methyl/N-ethyl adjacent to an activating group) is 1. The molecule has 1 aliphatic heterocycles. The standard InChI is InChI=1S/C19H21N3O3/c1-12(25-18(24)14-9-10-20-21-14)16(23)11-17-19(2,3)13-7-5-6-8-15(13)22(17)4/h5-12H,1-4H3,(H,20,21). The Bertz CT molecular complexity index is 837. The largest absolute Gasteiger partial charge is 0.450 e. The molecule has 0 spiro atoms. The van der Waals surface area contributed by atoms with Gasteiger partial charge in [0, 0.05) is 36.1 Å². The van der Waals surface area contributed by atoms with Crippen LogP contribution in [0.5, 0.6) is 0 Å². The second kappa shape index (κ2) is 6.20. The maximum Gasteiger partial charge on any atom is 0.357 e. The second-order valence-electron chi connectivity index (χ2n) is 6.65. The Labute approximate surface area is 146 Å². The highest BCUT2D eigenvalue weighted by Crippen LogP contribution is 2.46. The van der Waals surface area contributed by atoms with Gasteiger partial charge in [0.25, 0.3) is 0 Å². The Hall–Kier alpha value is -2.89. The fourth-order valence-corrected chi connectivity index (χ4v) is 3.16. The number of fused-ring (bicyclic) bond motifs is 1. The van der Waals surface area contributed by atoms with Crippen molar-refractivity contribution in [3.8, 4) is 0 Å². The van der Waals surface area contributed by atoms with Gasteiger partial charge in [0.05, 0.1) is 0 Å². The number of anilines is 1. The number of para-hydroxylation sites is 1. The molecule has 1 aromatic carbocycles. The van der Waals surface area contributed by atoms with Gasteiger partial charge in [0.2, 0.25) is 0 Å². The zero-order chi connectivity index (χ0) is 18.2. The van der Waals surface area contributed by atoms with Gasteiger partial charge in [-0.05, 0) is 24.6 Å².